The standard InChI is InChI=1S/C11H18N4O2.ClH/c1-7(10-13-6-17-15-10)14-11(16)9-4-2-3-8(9)5-12;/h6-9H,2-5,12H2,1H3,(H,14,16);1H/t7?,8-,9-;/m1./s1. The molecule has 0 aromatic carbocycles. The molecule has 1 aromatic rings. The molecule has 102 valence electrons. The molecule has 1 saturated carbocycles. The largest absolute Gasteiger partial charge is 0.346 e. The molecule has 0 saturated heterocycles. The van der Waals surface area contributed by atoms with Crippen LogP contribution < -0.4 is 11.1 Å². The van der Waals surface area contributed by atoms with E-state index in [2.05, 4.69) is 20.0 Å². The van der Waals surface area contributed by atoms with Crippen LogP contribution in [0.4, 0.5) is 0 Å². The number of rotatable bonds is 4. The fourth-order valence-corrected chi connectivity index (χ4v) is 2.42. The Balaban J connectivity index is 0.00000162. The summed E-state index contributed by atoms with van der Waals surface area (Å²) in [5.74, 6) is 0.901. The average molecular weight is 275 g/mol. The van der Waals surface area contributed by atoms with Crippen LogP contribution in [0, 0.1) is 11.8 Å². The first-order chi connectivity index (χ1) is 8.22. The zero-order valence-electron chi connectivity index (χ0n) is 10.3. The van der Waals surface area contributed by atoms with E-state index in [0.717, 1.165) is 19.3 Å². The Labute approximate surface area is 112 Å². The predicted molar refractivity (Wildman–Crippen MR) is 68.0 cm³/mol. The Kier molecular flexibility index (Phi) is 5.55. The molecule has 2 rings (SSSR count). The first-order valence-electron chi connectivity index (χ1n) is 5.99. The van der Waals surface area contributed by atoms with Crippen molar-refractivity contribution in [3.8, 4) is 0 Å². The molecule has 6 nitrogen and oxygen atoms in total. The fraction of sp³-hybridized carbons (Fsp3) is 0.727. The molecule has 0 bridgehead atoms. The van der Waals surface area contributed by atoms with Crippen LogP contribution in [-0.2, 0) is 4.79 Å². The zero-order chi connectivity index (χ0) is 12.3. The van der Waals surface area contributed by atoms with Crippen molar-refractivity contribution in [1.29, 1.82) is 0 Å². The van der Waals surface area contributed by atoms with E-state index in [9.17, 15) is 4.79 Å². The van der Waals surface area contributed by atoms with Gasteiger partial charge in [-0.2, -0.15) is 4.98 Å². The highest BCUT2D eigenvalue weighted by Gasteiger charge is 2.32. The summed E-state index contributed by atoms with van der Waals surface area (Å²) >= 11 is 0. The van der Waals surface area contributed by atoms with Gasteiger partial charge in [0.2, 0.25) is 12.3 Å². The molecule has 1 aromatic heterocycles. The van der Waals surface area contributed by atoms with Gasteiger partial charge < -0.3 is 15.6 Å². The zero-order valence-corrected chi connectivity index (χ0v) is 11.2. The van der Waals surface area contributed by atoms with Crippen molar-refractivity contribution in [3.05, 3.63) is 12.2 Å². The van der Waals surface area contributed by atoms with Gasteiger partial charge in [0, 0.05) is 5.92 Å². The minimum absolute atomic E-state index is 0. The molecule has 1 fully saturated rings. The van der Waals surface area contributed by atoms with Crippen molar-refractivity contribution in [2.24, 2.45) is 17.6 Å². The average Bonchev–Trinajstić information content (AvgIpc) is 2.99. The maximum Gasteiger partial charge on any atom is 0.224 e. The van der Waals surface area contributed by atoms with Gasteiger partial charge in [0.15, 0.2) is 5.82 Å². The predicted octanol–water partition coefficient (Wildman–Crippen LogP) is 1.04. The van der Waals surface area contributed by atoms with E-state index in [1.807, 2.05) is 6.92 Å². The van der Waals surface area contributed by atoms with Crippen LogP contribution in [0.15, 0.2) is 10.9 Å². The molecule has 1 unspecified atom stereocenters. The summed E-state index contributed by atoms with van der Waals surface area (Å²) in [5.41, 5.74) is 5.67. The molecule has 1 aliphatic rings. The Bertz CT molecular complexity index is 371. The first-order valence-corrected chi connectivity index (χ1v) is 5.99. The van der Waals surface area contributed by atoms with E-state index in [1.165, 1.54) is 6.39 Å². The topological polar surface area (TPSA) is 94.0 Å². The van der Waals surface area contributed by atoms with Crippen molar-refractivity contribution in [2.45, 2.75) is 32.2 Å². The lowest BCUT2D eigenvalue weighted by Crippen LogP contribution is -2.36. The van der Waals surface area contributed by atoms with Crippen molar-refractivity contribution in [1.82, 2.24) is 15.5 Å². The van der Waals surface area contributed by atoms with Crippen molar-refractivity contribution in [2.75, 3.05) is 6.54 Å². The van der Waals surface area contributed by atoms with E-state index in [4.69, 9.17) is 5.73 Å². The number of nitrogens with two attached hydrogens (primary N) is 1. The first kappa shape index (κ1) is 14.9. The third kappa shape index (κ3) is 3.20. The summed E-state index contributed by atoms with van der Waals surface area (Å²) in [6.07, 6.45) is 4.31. The summed E-state index contributed by atoms with van der Waals surface area (Å²) in [6, 6.07) is -0.222. The highest BCUT2D eigenvalue weighted by atomic mass is 35.5. The van der Waals surface area contributed by atoms with E-state index in [0.29, 0.717) is 18.3 Å². The minimum Gasteiger partial charge on any atom is -0.346 e. The van der Waals surface area contributed by atoms with Crippen molar-refractivity contribution in [3.63, 3.8) is 0 Å². The molecule has 1 heterocycles. The number of hydrogen-bond donors (Lipinski definition) is 2. The summed E-state index contributed by atoms with van der Waals surface area (Å²) in [7, 11) is 0. The van der Waals surface area contributed by atoms with E-state index in [1.54, 1.807) is 0 Å². The molecular weight excluding hydrogens is 256 g/mol. The molecule has 1 aliphatic carbocycles. The number of halogens is 1. The van der Waals surface area contributed by atoms with Crippen LogP contribution in [0.5, 0.6) is 0 Å². The molecular formula is C11H19ClN4O2. The maximum absolute atomic E-state index is 12.1. The summed E-state index contributed by atoms with van der Waals surface area (Å²) in [6.45, 7) is 2.42. The highest BCUT2D eigenvalue weighted by molar-refractivity contribution is 5.85. The molecule has 0 spiro atoms. The molecule has 3 atom stereocenters. The van der Waals surface area contributed by atoms with Crippen molar-refractivity contribution >= 4 is 18.3 Å². The minimum atomic E-state index is -0.222. The molecule has 7 heteroatoms. The number of amides is 1. The Morgan fingerprint density at radius 3 is 3.06 bits per heavy atom. The summed E-state index contributed by atoms with van der Waals surface area (Å²) in [5, 5.41) is 6.62. The maximum atomic E-state index is 12.1. The van der Waals surface area contributed by atoms with Gasteiger partial charge in [-0.15, -0.1) is 12.4 Å². The van der Waals surface area contributed by atoms with Gasteiger partial charge in [-0.25, -0.2) is 0 Å². The molecule has 1 amide bonds. The molecule has 0 aliphatic heterocycles. The number of nitrogens with one attached hydrogen (secondary N) is 1. The van der Waals surface area contributed by atoms with Gasteiger partial charge in [-0.1, -0.05) is 11.6 Å². The van der Waals surface area contributed by atoms with Crippen LogP contribution in [0.2, 0.25) is 0 Å². The lowest BCUT2D eigenvalue weighted by Gasteiger charge is -2.19. The Morgan fingerprint density at radius 2 is 2.44 bits per heavy atom. The summed E-state index contributed by atoms with van der Waals surface area (Å²) in [4.78, 5) is 16.0. The van der Waals surface area contributed by atoms with Crippen molar-refractivity contribution < 1.29 is 9.32 Å². The second-order valence-electron chi connectivity index (χ2n) is 4.55. The second kappa shape index (κ2) is 6.70. The number of aromatic nitrogens is 2. The molecule has 3 N–H and O–H groups in total. The van der Waals surface area contributed by atoms with E-state index in [-0.39, 0.29) is 30.3 Å². The normalized spacial score (nSPS) is 24.3. The lowest BCUT2D eigenvalue weighted by atomic mass is 9.95. The molecule has 0 radical (unpaired) electrons. The quantitative estimate of drug-likeness (QED) is 0.856. The van der Waals surface area contributed by atoms with Gasteiger partial charge in [0.25, 0.3) is 0 Å². The van der Waals surface area contributed by atoms with Gasteiger partial charge in [0.05, 0.1) is 6.04 Å². The number of carbonyl (C=O) groups is 1. The van der Waals surface area contributed by atoms with Crippen LogP contribution in [-0.4, -0.2) is 22.6 Å². The van der Waals surface area contributed by atoms with Gasteiger partial charge >= 0.3 is 0 Å². The van der Waals surface area contributed by atoms with Gasteiger partial charge in [-0.3, -0.25) is 4.79 Å². The van der Waals surface area contributed by atoms with Crippen LogP contribution in [0.1, 0.15) is 38.1 Å². The third-order valence-electron chi connectivity index (χ3n) is 3.42. The smallest absolute Gasteiger partial charge is 0.224 e. The van der Waals surface area contributed by atoms with Crippen LogP contribution in [0.3, 0.4) is 0 Å². The van der Waals surface area contributed by atoms with E-state index >= 15 is 0 Å². The lowest BCUT2D eigenvalue weighted by molar-refractivity contribution is -0.126. The third-order valence-corrected chi connectivity index (χ3v) is 3.42. The van der Waals surface area contributed by atoms with Crippen LogP contribution >= 0.6 is 12.4 Å². The van der Waals surface area contributed by atoms with Gasteiger partial charge in [-0.05, 0) is 32.2 Å². The SMILES string of the molecule is CC(NC(=O)[C@@H]1CCC[C@@H]1CN)c1ncon1.Cl. The number of hydrogen-bond acceptors (Lipinski definition) is 5. The Hall–Kier alpha value is -1.14. The van der Waals surface area contributed by atoms with Gasteiger partial charge in [0.1, 0.15) is 0 Å². The number of nitrogens with zero attached hydrogens (tertiary/aromatic N) is 2. The monoisotopic (exact) mass is 274 g/mol. The van der Waals surface area contributed by atoms with E-state index < -0.39 is 0 Å². The summed E-state index contributed by atoms with van der Waals surface area (Å²) < 4.78 is 4.65. The number of carbonyl (C=O) groups excluding carboxylic acids is 1. The Morgan fingerprint density at radius 1 is 1.67 bits per heavy atom. The highest BCUT2D eigenvalue weighted by Crippen LogP contribution is 2.31. The fourth-order valence-electron chi connectivity index (χ4n) is 2.42. The van der Waals surface area contributed by atoms with Crippen LogP contribution in [0.25, 0.3) is 0 Å². The second-order valence-corrected chi connectivity index (χ2v) is 4.55. The molecule has 18 heavy (non-hydrogen) atoms.